The Morgan fingerprint density at radius 2 is 2.08 bits per heavy atom. The predicted molar refractivity (Wildman–Crippen MR) is 105 cm³/mol. The molecule has 2 rings (SSSR count). The van der Waals surface area contributed by atoms with Gasteiger partial charge in [0.1, 0.15) is 0 Å². The summed E-state index contributed by atoms with van der Waals surface area (Å²) in [5, 5.41) is 16.2. The molecule has 1 fully saturated rings. The van der Waals surface area contributed by atoms with Crippen molar-refractivity contribution in [2.24, 2.45) is 10.9 Å². The van der Waals surface area contributed by atoms with Gasteiger partial charge in [0.05, 0.1) is 19.4 Å². The zero-order chi connectivity index (χ0) is 19.0. The van der Waals surface area contributed by atoms with E-state index in [1.807, 2.05) is 37.3 Å². The molecule has 2 atom stereocenters. The summed E-state index contributed by atoms with van der Waals surface area (Å²) in [6, 6.07) is 9.86. The number of benzene rings is 1. The van der Waals surface area contributed by atoms with Crippen LogP contribution < -0.4 is 10.6 Å². The second-order valence-electron chi connectivity index (χ2n) is 6.67. The molecule has 1 aromatic carbocycles. The fourth-order valence-corrected chi connectivity index (χ4v) is 3.96. The summed E-state index contributed by atoms with van der Waals surface area (Å²) < 4.78 is 24.7. The first kappa shape index (κ1) is 20.7. The highest BCUT2D eigenvalue weighted by Gasteiger charge is 2.28. The van der Waals surface area contributed by atoms with Crippen LogP contribution in [0.4, 0.5) is 0 Å². The van der Waals surface area contributed by atoms with Crippen molar-refractivity contribution in [1.82, 2.24) is 14.9 Å². The molecular formula is C18H30N4O3S. The lowest BCUT2D eigenvalue weighted by atomic mass is 10.0. The van der Waals surface area contributed by atoms with Gasteiger partial charge in [-0.1, -0.05) is 30.3 Å². The summed E-state index contributed by atoms with van der Waals surface area (Å²) in [6.45, 7) is 5.07. The van der Waals surface area contributed by atoms with Crippen LogP contribution in [0.1, 0.15) is 24.8 Å². The molecule has 0 saturated carbocycles. The van der Waals surface area contributed by atoms with Crippen molar-refractivity contribution >= 4 is 16.0 Å². The van der Waals surface area contributed by atoms with Gasteiger partial charge in [-0.2, -0.15) is 0 Å². The number of aliphatic hydroxyl groups excluding tert-OH is 1. The Morgan fingerprint density at radius 3 is 2.65 bits per heavy atom. The monoisotopic (exact) mass is 382 g/mol. The first-order valence-corrected chi connectivity index (χ1v) is 10.9. The van der Waals surface area contributed by atoms with E-state index in [0.717, 1.165) is 18.5 Å². The third-order valence-electron chi connectivity index (χ3n) is 4.58. The van der Waals surface area contributed by atoms with Crippen molar-refractivity contribution in [2.75, 3.05) is 45.6 Å². The average Bonchev–Trinajstić information content (AvgIpc) is 3.10. The standard InChI is InChI=1S/C18H30N4O3S/c1-3-19-18(20-11-15-9-10-22(13-15)26(2,24)25)21-12-17(14-23)16-7-5-4-6-8-16/h4-8,15,17,23H,3,9-14H2,1-2H3,(H2,19,20,21). The van der Waals surface area contributed by atoms with Crippen molar-refractivity contribution in [3.63, 3.8) is 0 Å². The maximum atomic E-state index is 11.6. The van der Waals surface area contributed by atoms with Gasteiger partial charge in [0.15, 0.2) is 5.96 Å². The summed E-state index contributed by atoms with van der Waals surface area (Å²) in [5.74, 6) is 0.926. The molecule has 2 unspecified atom stereocenters. The normalized spacial score (nSPS) is 20.1. The number of nitrogens with one attached hydrogen (secondary N) is 2. The van der Waals surface area contributed by atoms with Crippen LogP contribution in [0.3, 0.4) is 0 Å². The molecule has 8 heteroatoms. The molecule has 1 aromatic rings. The van der Waals surface area contributed by atoms with Crippen LogP contribution in [-0.4, -0.2) is 69.4 Å². The highest BCUT2D eigenvalue weighted by atomic mass is 32.2. The first-order chi connectivity index (χ1) is 12.4. The molecule has 0 amide bonds. The highest BCUT2D eigenvalue weighted by molar-refractivity contribution is 7.88. The molecule has 0 aliphatic carbocycles. The maximum absolute atomic E-state index is 11.6. The largest absolute Gasteiger partial charge is 0.396 e. The summed E-state index contributed by atoms with van der Waals surface area (Å²) in [7, 11) is -3.11. The molecule has 0 bridgehead atoms. The van der Waals surface area contributed by atoms with Crippen LogP contribution in [0.25, 0.3) is 0 Å². The fourth-order valence-electron chi connectivity index (χ4n) is 3.04. The third-order valence-corrected chi connectivity index (χ3v) is 5.85. The maximum Gasteiger partial charge on any atom is 0.211 e. The van der Waals surface area contributed by atoms with Crippen LogP contribution in [0, 0.1) is 5.92 Å². The van der Waals surface area contributed by atoms with Crippen molar-refractivity contribution < 1.29 is 13.5 Å². The van der Waals surface area contributed by atoms with Gasteiger partial charge in [-0.05, 0) is 24.8 Å². The van der Waals surface area contributed by atoms with Gasteiger partial charge in [0, 0.05) is 32.1 Å². The summed E-state index contributed by atoms with van der Waals surface area (Å²) in [6.07, 6.45) is 2.11. The van der Waals surface area contributed by atoms with Crippen molar-refractivity contribution in [3.05, 3.63) is 35.9 Å². The number of hydrogen-bond donors (Lipinski definition) is 3. The topological polar surface area (TPSA) is 94.0 Å². The number of nitrogens with zero attached hydrogens (tertiary/aromatic N) is 2. The molecular weight excluding hydrogens is 352 g/mol. The molecule has 26 heavy (non-hydrogen) atoms. The summed E-state index contributed by atoms with van der Waals surface area (Å²) in [5.41, 5.74) is 1.06. The van der Waals surface area contributed by atoms with Gasteiger partial charge in [0.25, 0.3) is 0 Å². The molecule has 1 saturated heterocycles. The van der Waals surface area contributed by atoms with Crippen LogP contribution in [0.15, 0.2) is 35.3 Å². The number of hydrogen-bond acceptors (Lipinski definition) is 4. The average molecular weight is 383 g/mol. The van der Waals surface area contributed by atoms with Crippen LogP contribution in [0.2, 0.25) is 0 Å². The molecule has 3 N–H and O–H groups in total. The number of aliphatic imine (C=N–C) groups is 1. The Morgan fingerprint density at radius 1 is 1.35 bits per heavy atom. The smallest absolute Gasteiger partial charge is 0.211 e. The molecule has 146 valence electrons. The Labute approximate surface area is 156 Å². The Bertz CT molecular complexity index is 679. The number of rotatable bonds is 8. The summed E-state index contributed by atoms with van der Waals surface area (Å²) >= 11 is 0. The number of sulfonamides is 1. The summed E-state index contributed by atoms with van der Waals surface area (Å²) in [4.78, 5) is 4.59. The molecule has 1 aliphatic rings. The van der Waals surface area contributed by atoms with Crippen molar-refractivity contribution in [2.45, 2.75) is 19.3 Å². The van der Waals surface area contributed by atoms with E-state index in [-0.39, 0.29) is 18.4 Å². The minimum Gasteiger partial charge on any atom is -0.396 e. The van der Waals surface area contributed by atoms with E-state index >= 15 is 0 Å². The van der Waals surface area contributed by atoms with E-state index in [1.54, 1.807) is 0 Å². The van der Waals surface area contributed by atoms with Gasteiger partial charge in [0.2, 0.25) is 10.0 Å². The van der Waals surface area contributed by atoms with E-state index in [0.29, 0.717) is 32.1 Å². The second-order valence-corrected chi connectivity index (χ2v) is 8.65. The van der Waals surface area contributed by atoms with Gasteiger partial charge in [-0.25, -0.2) is 12.7 Å². The zero-order valence-electron chi connectivity index (χ0n) is 15.6. The van der Waals surface area contributed by atoms with E-state index in [9.17, 15) is 13.5 Å². The van der Waals surface area contributed by atoms with Gasteiger partial charge in [-0.15, -0.1) is 0 Å². The third kappa shape index (κ3) is 6.26. The molecule has 0 radical (unpaired) electrons. The number of aliphatic hydroxyl groups is 1. The second kappa shape index (κ2) is 9.89. The van der Waals surface area contributed by atoms with E-state index in [4.69, 9.17) is 0 Å². The minimum atomic E-state index is -3.11. The molecule has 0 spiro atoms. The lowest BCUT2D eigenvalue weighted by Crippen LogP contribution is -2.40. The van der Waals surface area contributed by atoms with Crippen LogP contribution in [-0.2, 0) is 10.0 Å². The van der Waals surface area contributed by atoms with Crippen molar-refractivity contribution in [1.29, 1.82) is 0 Å². The highest BCUT2D eigenvalue weighted by Crippen LogP contribution is 2.18. The van der Waals surface area contributed by atoms with Gasteiger partial charge < -0.3 is 15.7 Å². The van der Waals surface area contributed by atoms with Crippen LogP contribution >= 0.6 is 0 Å². The molecule has 1 heterocycles. The van der Waals surface area contributed by atoms with Crippen LogP contribution in [0.5, 0.6) is 0 Å². The lowest BCUT2D eigenvalue weighted by Gasteiger charge is -2.17. The molecule has 7 nitrogen and oxygen atoms in total. The lowest BCUT2D eigenvalue weighted by molar-refractivity contribution is 0.268. The van der Waals surface area contributed by atoms with E-state index in [1.165, 1.54) is 10.6 Å². The minimum absolute atomic E-state index is 0.0405. The SMILES string of the molecule is CCNC(=NCC(CO)c1ccccc1)NCC1CCN(S(C)(=O)=O)C1. The fraction of sp³-hybridized carbons (Fsp3) is 0.611. The van der Waals surface area contributed by atoms with E-state index in [2.05, 4.69) is 15.6 Å². The van der Waals surface area contributed by atoms with E-state index < -0.39 is 10.0 Å². The quantitative estimate of drug-likeness (QED) is 0.452. The zero-order valence-corrected chi connectivity index (χ0v) is 16.4. The Balaban J connectivity index is 1.90. The van der Waals surface area contributed by atoms with Crippen molar-refractivity contribution in [3.8, 4) is 0 Å². The number of guanidine groups is 1. The molecule has 0 aromatic heterocycles. The Hall–Kier alpha value is -1.64. The predicted octanol–water partition coefficient (Wildman–Crippen LogP) is 0.599. The first-order valence-electron chi connectivity index (χ1n) is 9.07. The van der Waals surface area contributed by atoms with Gasteiger partial charge in [-0.3, -0.25) is 4.99 Å². The van der Waals surface area contributed by atoms with Gasteiger partial charge >= 0.3 is 0 Å². The Kier molecular flexibility index (Phi) is 7.86. The molecule has 1 aliphatic heterocycles.